The summed E-state index contributed by atoms with van der Waals surface area (Å²) in [6.07, 6.45) is -0.468. The molecule has 0 saturated heterocycles. The van der Waals surface area contributed by atoms with Crippen molar-refractivity contribution >= 4 is 23.5 Å². The number of hydrogen-bond acceptors (Lipinski definition) is 5. The third-order valence-corrected chi connectivity index (χ3v) is 2.23. The van der Waals surface area contributed by atoms with E-state index in [9.17, 15) is 14.4 Å². The molecule has 0 fully saturated rings. The average molecular weight is 263 g/mol. The van der Waals surface area contributed by atoms with Gasteiger partial charge >= 0.3 is 5.97 Å². The molecule has 1 amide bonds. The SMILES string of the molecule is NC(=O)CC(=C=O)C(NNc1ccccc1)C(=O)O. The van der Waals surface area contributed by atoms with Crippen LogP contribution in [0.4, 0.5) is 5.69 Å². The Kier molecular flexibility index (Phi) is 5.28. The molecule has 1 aromatic rings. The molecule has 1 unspecified atom stereocenters. The second kappa shape index (κ2) is 6.95. The van der Waals surface area contributed by atoms with E-state index < -0.39 is 24.3 Å². The highest BCUT2D eigenvalue weighted by atomic mass is 16.4. The van der Waals surface area contributed by atoms with Crippen molar-refractivity contribution in [2.24, 2.45) is 5.73 Å². The van der Waals surface area contributed by atoms with Crippen molar-refractivity contribution in [2.45, 2.75) is 12.5 Å². The highest BCUT2D eigenvalue weighted by Crippen LogP contribution is 2.07. The molecule has 0 saturated carbocycles. The van der Waals surface area contributed by atoms with Crippen LogP contribution in [0.1, 0.15) is 6.42 Å². The van der Waals surface area contributed by atoms with Crippen molar-refractivity contribution in [3.05, 3.63) is 35.9 Å². The fraction of sp³-hybridized carbons (Fsp3) is 0.167. The topological polar surface area (TPSA) is 122 Å². The molecule has 100 valence electrons. The molecule has 7 nitrogen and oxygen atoms in total. The monoisotopic (exact) mass is 263 g/mol. The smallest absolute Gasteiger partial charge is 0.327 e. The Hall–Kier alpha value is -2.63. The zero-order chi connectivity index (χ0) is 14.3. The van der Waals surface area contributed by atoms with Crippen molar-refractivity contribution in [1.29, 1.82) is 0 Å². The number of hydrazine groups is 1. The number of benzene rings is 1. The molecule has 1 rings (SSSR count). The first-order chi connectivity index (χ1) is 9.04. The Morgan fingerprint density at radius 2 is 1.95 bits per heavy atom. The van der Waals surface area contributed by atoms with Gasteiger partial charge in [-0.3, -0.25) is 9.59 Å². The van der Waals surface area contributed by atoms with Crippen molar-refractivity contribution in [3.8, 4) is 0 Å². The lowest BCUT2D eigenvalue weighted by Gasteiger charge is -2.16. The van der Waals surface area contributed by atoms with E-state index in [4.69, 9.17) is 10.8 Å². The highest BCUT2D eigenvalue weighted by molar-refractivity contribution is 5.87. The predicted molar refractivity (Wildman–Crippen MR) is 67.6 cm³/mol. The molecule has 0 bridgehead atoms. The number of primary amides is 1. The van der Waals surface area contributed by atoms with Crippen molar-refractivity contribution in [2.75, 3.05) is 5.43 Å². The van der Waals surface area contributed by atoms with E-state index >= 15 is 0 Å². The van der Waals surface area contributed by atoms with E-state index in [-0.39, 0.29) is 5.57 Å². The largest absolute Gasteiger partial charge is 0.480 e. The molecule has 0 aliphatic carbocycles. The number of nitrogens with one attached hydrogen (secondary N) is 2. The number of aliphatic carboxylic acids is 1. The summed E-state index contributed by atoms with van der Waals surface area (Å²) in [6.45, 7) is 0. The molecule has 5 N–H and O–H groups in total. The fourth-order valence-electron chi connectivity index (χ4n) is 1.36. The summed E-state index contributed by atoms with van der Waals surface area (Å²) in [5.41, 5.74) is 10.3. The first kappa shape index (κ1) is 14.4. The van der Waals surface area contributed by atoms with Crippen LogP contribution in [0.15, 0.2) is 35.9 Å². The minimum Gasteiger partial charge on any atom is -0.480 e. The first-order valence-electron chi connectivity index (χ1n) is 5.36. The quantitative estimate of drug-likeness (QED) is 0.395. The van der Waals surface area contributed by atoms with Crippen LogP contribution in [-0.4, -0.2) is 29.0 Å². The molecule has 1 atom stereocenters. The van der Waals surface area contributed by atoms with Crippen LogP contribution >= 0.6 is 0 Å². The van der Waals surface area contributed by atoms with Gasteiger partial charge in [-0.05, 0) is 12.1 Å². The number of carboxylic acids is 1. The number of carbonyl (C=O) groups is 2. The van der Waals surface area contributed by atoms with Crippen LogP contribution < -0.4 is 16.6 Å². The van der Waals surface area contributed by atoms with Crippen molar-refractivity contribution < 1.29 is 19.5 Å². The maximum Gasteiger partial charge on any atom is 0.327 e. The zero-order valence-electron chi connectivity index (χ0n) is 9.92. The van der Waals surface area contributed by atoms with Gasteiger partial charge in [0, 0.05) is 5.69 Å². The Labute approximate surface area is 109 Å². The Bertz CT molecular complexity index is 509. The van der Waals surface area contributed by atoms with Crippen LogP contribution in [0.5, 0.6) is 0 Å². The Morgan fingerprint density at radius 1 is 1.32 bits per heavy atom. The summed E-state index contributed by atoms with van der Waals surface area (Å²) < 4.78 is 0. The van der Waals surface area contributed by atoms with Gasteiger partial charge in [0.05, 0.1) is 12.0 Å². The lowest BCUT2D eigenvalue weighted by molar-refractivity contribution is -0.138. The second-order valence-corrected chi connectivity index (χ2v) is 3.68. The van der Waals surface area contributed by atoms with Crippen molar-refractivity contribution in [3.63, 3.8) is 0 Å². The first-order valence-corrected chi connectivity index (χ1v) is 5.36. The van der Waals surface area contributed by atoms with Crippen LogP contribution in [0, 0.1) is 0 Å². The average Bonchev–Trinajstić information content (AvgIpc) is 2.38. The van der Waals surface area contributed by atoms with Crippen molar-refractivity contribution in [1.82, 2.24) is 5.43 Å². The molecule has 0 radical (unpaired) electrons. The summed E-state index contributed by atoms with van der Waals surface area (Å²) >= 11 is 0. The second-order valence-electron chi connectivity index (χ2n) is 3.68. The zero-order valence-corrected chi connectivity index (χ0v) is 9.92. The molecule has 1 aromatic carbocycles. The number of rotatable bonds is 7. The molecule has 0 aliphatic rings. The van der Waals surface area contributed by atoms with Crippen LogP contribution in [0.2, 0.25) is 0 Å². The van der Waals surface area contributed by atoms with Gasteiger partial charge in [-0.2, -0.15) is 0 Å². The van der Waals surface area contributed by atoms with E-state index in [0.717, 1.165) is 0 Å². The van der Waals surface area contributed by atoms with E-state index in [2.05, 4.69) is 10.9 Å². The summed E-state index contributed by atoms with van der Waals surface area (Å²) in [5, 5.41) is 9.01. The minimum atomic E-state index is -1.38. The van der Waals surface area contributed by atoms with Gasteiger partial charge in [0.2, 0.25) is 5.91 Å². The van der Waals surface area contributed by atoms with Gasteiger partial charge in [0.15, 0.2) is 6.04 Å². The molecule has 0 spiro atoms. The number of carboxylic acid groups (broad SMARTS) is 1. The molecule has 0 aliphatic heterocycles. The van der Waals surface area contributed by atoms with E-state index in [1.165, 1.54) is 5.94 Å². The lowest BCUT2D eigenvalue weighted by Crippen LogP contribution is -2.42. The van der Waals surface area contributed by atoms with E-state index in [1.807, 2.05) is 0 Å². The predicted octanol–water partition coefficient (Wildman–Crippen LogP) is -0.310. The Morgan fingerprint density at radius 3 is 2.42 bits per heavy atom. The summed E-state index contributed by atoms with van der Waals surface area (Å²) in [7, 11) is 0. The lowest BCUT2D eigenvalue weighted by atomic mass is 10.1. The minimum absolute atomic E-state index is 0.275. The van der Waals surface area contributed by atoms with Gasteiger partial charge in [-0.25, -0.2) is 10.2 Å². The van der Waals surface area contributed by atoms with Crippen LogP contribution in [0.25, 0.3) is 0 Å². The van der Waals surface area contributed by atoms with E-state index in [1.54, 1.807) is 30.3 Å². The Balaban J connectivity index is 2.76. The number of nitrogens with two attached hydrogens (primary N) is 1. The van der Waals surface area contributed by atoms with Crippen LogP contribution in [0.3, 0.4) is 0 Å². The number of para-hydroxylation sites is 1. The third-order valence-electron chi connectivity index (χ3n) is 2.23. The molecule has 0 heterocycles. The highest BCUT2D eigenvalue weighted by Gasteiger charge is 2.24. The molecule has 19 heavy (non-hydrogen) atoms. The fourth-order valence-corrected chi connectivity index (χ4v) is 1.36. The maximum absolute atomic E-state index is 11.0. The molecular weight excluding hydrogens is 250 g/mol. The summed E-state index contributed by atoms with van der Waals surface area (Å²) in [6, 6.07) is 7.31. The summed E-state index contributed by atoms with van der Waals surface area (Å²) in [4.78, 5) is 32.5. The normalized spacial score (nSPS) is 11.2. The van der Waals surface area contributed by atoms with Crippen LogP contribution in [-0.2, 0) is 14.4 Å². The number of carbonyl (C=O) groups excluding carboxylic acids is 2. The standard InChI is InChI=1S/C12H13N3O4/c13-10(17)6-8(7-16)11(12(18)19)15-14-9-4-2-1-3-5-9/h1-5,11,14-15H,6H2,(H2,13,17)(H,18,19). The maximum atomic E-state index is 11.0. The van der Waals surface area contributed by atoms with Gasteiger partial charge in [0.25, 0.3) is 0 Å². The van der Waals surface area contributed by atoms with Gasteiger partial charge in [-0.1, -0.05) is 18.2 Å². The third kappa shape index (κ3) is 4.63. The number of hydrogen-bond donors (Lipinski definition) is 4. The number of anilines is 1. The number of amides is 1. The molecule has 7 heteroatoms. The van der Waals surface area contributed by atoms with E-state index in [0.29, 0.717) is 5.69 Å². The van der Waals surface area contributed by atoms with Gasteiger partial charge < -0.3 is 16.3 Å². The molecule has 0 aromatic heterocycles. The van der Waals surface area contributed by atoms with Gasteiger partial charge in [0.1, 0.15) is 5.94 Å². The summed E-state index contributed by atoms with van der Waals surface area (Å²) in [5.74, 6) is -0.683. The molecular formula is C12H13N3O4. The van der Waals surface area contributed by atoms with Gasteiger partial charge in [-0.15, -0.1) is 0 Å².